The summed E-state index contributed by atoms with van der Waals surface area (Å²) in [6.07, 6.45) is 4.24. The lowest BCUT2D eigenvalue weighted by atomic mass is 10.1. The number of benzene rings is 2. The average molecular weight is 426 g/mol. The van der Waals surface area contributed by atoms with Crippen molar-refractivity contribution in [1.29, 1.82) is 0 Å². The quantitative estimate of drug-likeness (QED) is 0.590. The molecule has 8 nitrogen and oxygen atoms in total. The minimum Gasteiger partial charge on any atom is -0.493 e. The number of hydrogen-bond acceptors (Lipinski definition) is 5. The fourth-order valence-electron chi connectivity index (χ4n) is 3.45. The lowest BCUT2D eigenvalue weighted by molar-refractivity contribution is 0.0951. The largest absolute Gasteiger partial charge is 0.493 e. The van der Waals surface area contributed by atoms with Crippen LogP contribution in [0.4, 0.5) is 11.4 Å². The first-order chi connectivity index (χ1) is 14.4. The fraction of sp³-hybridized carbons (Fsp3) is 0.238. The van der Waals surface area contributed by atoms with Gasteiger partial charge >= 0.3 is 0 Å². The van der Waals surface area contributed by atoms with Gasteiger partial charge in [-0.2, -0.15) is 5.10 Å². The van der Waals surface area contributed by atoms with Gasteiger partial charge in [0.25, 0.3) is 5.91 Å². The van der Waals surface area contributed by atoms with E-state index in [2.05, 4.69) is 10.4 Å². The smallest absolute Gasteiger partial charge is 0.251 e. The van der Waals surface area contributed by atoms with E-state index in [9.17, 15) is 13.2 Å². The lowest BCUT2D eigenvalue weighted by Crippen LogP contribution is -2.23. The SMILES string of the molecule is Cc1ccc(C(=O)NCc2cnn(C)c2)cc1N(c1ccc2c(c1)CCO2)[SH](=O)=O. The van der Waals surface area contributed by atoms with E-state index >= 15 is 0 Å². The van der Waals surface area contributed by atoms with E-state index in [0.29, 0.717) is 30.1 Å². The molecule has 9 heteroatoms. The molecule has 0 unspecified atom stereocenters. The van der Waals surface area contributed by atoms with Gasteiger partial charge in [-0.15, -0.1) is 0 Å². The van der Waals surface area contributed by atoms with Crippen molar-refractivity contribution < 1.29 is 17.9 Å². The Morgan fingerprint density at radius 3 is 2.83 bits per heavy atom. The van der Waals surface area contributed by atoms with E-state index in [1.807, 2.05) is 19.2 Å². The lowest BCUT2D eigenvalue weighted by Gasteiger charge is -2.21. The predicted molar refractivity (Wildman–Crippen MR) is 114 cm³/mol. The van der Waals surface area contributed by atoms with Crippen molar-refractivity contribution in [1.82, 2.24) is 15.1 Å². The molecule has 1 amide bonds. The van der Waals surface area contributed by atoms with Crippen LogP contribution in [0.1, 0.15) is 27.0 Å². The third-order valence-corrected chi connectivity index (χ3v) is 5.76. The number of amides is 1. The number of thiol groups is 1. The molecule has 1 N–H and O–H groups in total. The highest BCUT2D eigenvalue weighted by molar-refractivity contribution is 7.74. The molecule has 0 fully saturated rings. The molecule has 1 aromatic heterocycles. The first-order valence-corrected chi connectivity index (χ1v) is 10.6. The molecule has 2 heterocycles. The Hall–Kier alpha value is -3.33. The third-order valence-electron chi connectivity index (χ3n) is 4.99. The number of carbonyl (C=O) groups excluding carboxylic acids is 1. The van der Waals surface area contributed by atoms with Crippen LogP contribution in [0.15, 0.2) is 48.8 Å². The zero-order chi connectivity index (χ0) is 21.3. The van der Waals surface area contributed by atoms with Gasteiger partial charge in [0.2, 0.25) is 10.9 Å². The first kappa shape index (κ1) is 20.0. The van der Waals surface area contributed by atoms with Gasteiger partial charge in [0.15, 0.2) is 0 Å². The second-order valence-electron chi connectivity index (χ2n) is 7.15. The summed E-state index contributed by atoms with van der Waals surface area (Å²) in [5.74, 6) is 0.489. The monoisotopic (exact) mass is 426 g/mol. The minimum atomic E-state index is -2.96. The summed E-state index contributed by atoms with van der Waals surface area (Å²) in [5.41, 5.74) is 3.94. The minimum absolute atomic E-state index is 0.288. The van der Waals surface area contributed by atoms with Crippen LogP contribution in [0.2, 0.25) is 0 Å². The second kappa shape index (κ2) is 8.19. The van der Waals surface area contributed by atoms with Crippen LogP contribution in [0, 0.1) is 6.92 Å². The molecule has 1 aliphatic rings. The highest BCUT2D eigenvalue weighted by atomic mass is 32.2. The Kier molecular flexibility index (Phi) is 5.45. The van der Waals surface area contributed by atoms with Crippen LogP contribution in [-0.4, -0.2) is 30.7 Å². The van der Waals surface area contributed by atoms with Crippen molar-refractivity contribution in [2.75, 3.05) is 10.9 Å². The Bertz CT molecular complexity index is 1180. The highest BCUT2D eigenvalue weighted by Crippen LogP contribution is 2.34. The number of ether oxygens (including phenoxy) is 1. The molecule has 4 rings (SSSR count). The zero-order valence-electron chi connectivity index (χ0n) is 16.7. The van der Waals surface area contributed by atoms with Crippen LogP contribution in [0.25, 0.3) is 0 Å². The van der Waals surface area contributed by atoms with Gasteiger partial charge in [0.05, 0.1) is 24.2 Å². The van der Waals surface area contributed by atoms with Crippen LogP contribution in [0.3, 0.4) is 0 Å². The van der Waals surface area contributed by atoms with Gasteiger partial charge in [0.1, 0.15) is 5.75 Å². The molecule has 0 radical (unpaired) electrons. The summed E-state index contributed by atoms with van der Waals surface area (Å²) in [4.78, 5) is 12.6. The molecule has 30 heavy (non-hydrogen) atoms. The van der Waals surface area contributed by atoms with Gasteiger partial charge in [0, 0.05) is 37.3 Å². The Labute approximate surface area is 176 Å². The van der Waals surface area contributed by atoms with Crippen molar-refractivity contribution >= 4 is 28.2 Å². The number of hydrogen-bond donors (Lipinski definition) is 2. The average Bonchev–Trinajstić information content (AvgIpc) is 3.35. The molecule has 0 saturated heterocycles. The molecule has 2 aromatic carbocycles. The molecule has 0 bridgehead atoms. The zero-order valence-corrected chi connectivity index (χ0v) is 17.6. The van der Waals surface area contributed by atoms with Gasteiger partial charge in [-0.3, -0.25) is 9.48 Å². The molecular weight excluding hydrogens is 404 g/mol. The normalized spacial score (nSPS) is 12.5. The van der Waals surface area contributed by atoms with Crippen molar-refractivity contribution in [2.24, 2.45) is 7.05 Å². The second-order valence-corrected chi connectivity index (χ2v) is 8.02. The van der Waals surface area contributed by atoms with Gasteiger partial charge in [-0.1, -0.05) is 6.07 Å². The number of nitrogens with one attached hydrogen (secondary N) is 1. The summed E-state index contributed by atoms with van der Waals surface area (Å²) < 4.78 is 32.7. The Morgan fingerprint density at radius 1 is 1.27 bits per heavy atom. The molecular formula is C21H22N4O4S. The summed E-state index contributed by atoms with van der Waals surface area (Å²) in [5, 5.41) is 6.92. The van der Waals surface area contributed by atoms with Crippen LogP contribution >= 0.6 is 0 Å². The summed E-state index contributed by atoms with van der Waals surface area (Å²) in [7, 11) is -1.16. The van der Waals surface area contributed by atoms with Crippen molar-refractivity contribution in [3.63, 3.8) is 0 Å². The standard InChI is InChI=1S/C21H22N4O4S/c1-14-3-4-17(21(26)22-11-15-12-23-24(2)13-15)10-19(14)25(30(27)28)18-5-6-20-16(9-18)7-8-29-20/h3-6,9-10,12-13,30H,7-8,11H2,1-2H3,(H,22,26). The Balaban J connectivity index is 1.62. The van der Waals surface area contributed by atoms with E-state index in [1.165, 1.54) is 4.31 Å². The maximum atomic E-state index is 12.6. The van der Waals surface area contributed by atoms with Crippen molar-refractivity contribution in [3.8, 4) is 5.75 Å². The number of carbonyl (C=O) groups is 1. The number of aryl methyl sites for hydroxylation is 2. The molecule has 156 valence electrons. The maximum absolute atomic E-state index is 12.6. The topological polar surface area (TPSA) is 93.5 Å². The van der Waals surface area contributed by atoms with E-state index in [4.69, 9.17) is 4.74 Å². The highest BCUT2D eigenvalue weighted by Gasteiger charge is 2.20. The first-order valence-electron chi connectivity index (χ1n) is 9.49. The number of nitrogens with zero attached hydrogens (tertiary/aromatic N) is 3. The summed E-state index contributed by atoms with van der Waals surface area (Å²) in [6, 6.07) is 10.3. The van der Waals surface area contributed by atoms with Crippen molar-refractivity contribution in [2.45, 2.75) is 19.9 Å². The van der Waals surface area contributed by atoms with Gasteiger partial charge in [-0.05, 0) is 48.4 Å². The number of aromatic nitrogens is 2. The molecule has 0 aliphatic carbocycles. The maximum Gasteiger partial charge on any atom is 0.251 e. The fourth-order valence-corrected chi connectivity index (χ4v) is 4.16. The van der Waals surface area contributed by atoms with E-state index < -0.39 is 10.9 Å². The summed E-state index contributed by atoms with van der Waals surface area (Å²) in [6.45, 7) is 2.74. The van der Waals surface area contributed by atoms with E-state index in [0.717, 1.165) is 28.9 Å². The van der Waals surface area contributed by atoms with Crippen LogP contribution in [-0.2, 0) is 30.9 Å². The van der Waals surface area contributed by atoms with Crippen LogP contribution < -0.4 is 14.4 Å². The van der Waals surface area contributed by atoms with Crippen LogP contribution in [0.5, 0.6) is 5.75 Å². The van der Waals surface area contributed by atoms with Crippen molar-refractivity contribution in [3.05, 3.63) is 71.0 Å². The third kappa shape index (κ3) is 4.02. The molecule has 0 atom stereocenters. The number of anilines is 2. The predicted octanol–water partition coefficient (Wildman–Crippen LogP) is 2.26. The number of rotatable bonds is 6. The van der Waals surface area contributed by atoms with Gasteiger partial charge in [-0.25, -0.2) is 12.7 Å². The van der Waals surface area contributed by atoms with E-state index in [1.54, 1.807) is 48.3 Å². The van der Waals surface area contributed by atoms with E-state index in [-0.39, 0.29) is 5.91 Å². The molecule has 1 aliphatic heterocycles. The summed E-state index contributed by atoms with van der Waals surface area (Å²) >= 11 is 0. The molecule has 3 aromatic rings. The Morgan fingerprint density at radius 2 is 2.10 bits per heavy atom. The molecule has 0 saturated carbocycles. The number of fused-ring (bicyclic) bond motifs is 1. The molecule has 0 spiro atoms. The van der Waals surface area contributed by atoms with Gasteiger partial charge < -0.3 is 10.1 Å².